The monoisotopic (exact) mass is 1010 g/mol. The van der Waals surface area contributed by atoms with Gasteiger partial charge in [0.25, 0.3) is 11.8 Å². The molecule has 1 aliphatic rings. The highest BCUT2D eigenvalue weighted by atomic mass is 35.5. The number of methoxy groups -OCH3 is 4. The Hall–Kier alpha value is -8.01. The van der Waals surface area contributed by atoms with E-state index < -0.39 is 47.8 Å². The van der Waals surface area contributed by atoms with Crippen molar-refractivity contribution in [1.82, 2.24) is 20.6 Å². The molecule has 22 heteroatoms. The van der Waals surface area contributed by atoms with Crippen molar-refractivity contribution in [3.63, 3.8) is 0 Å². The first-order valence-corrected chi connectivity index (χ1v) is 23.0. The number of halogens is 1. The highest BCUT2D eigenvalue weighted by Gasteiger charge is 2.27. The Morgan fingerprint density at radius 3 is 1.62 bits per heavy atom. The lowest BCUT2D eigenvalue weighted by Gasteiger charge is -2.24. The molecule has 2 atom stereocenters. The van der Waals surface area contributed by atoms with Gasteiger partial charge in [0.2, 0.25) is 0 Å². The molecule has 2 amide bonds. The molecular weight excluding hydrogens is 958 g/mol. The second-order valence-electron chi connectivity index (χ2n) is 16.4. The molecule has 0 aliphatic heterocycles. The van der Waals surface area contributed by atoms with Crippen LogP contribution < -0.4 is 41.9 Å². The van der Waals surface area contributed by atoms with Crippen LogP contribution in [0.15, 0.2) is 85.2 Å². The smallest absolute Gasteiger partial charge is 0.343 e. The van der Waals surface area contributed by atoms with Crippen LogP contribution in [0.25, 0.3) is 21.8 Å². The molecule has 72 heavy (non-hydrogen) atoms. The third-order valence-corrected chi connectivity index (χ3v) is 12.0. The lowest BCUT2D eigenvalue weighted by atomic mass is 9.95. The number of ether oxygens (including phenoxy) is 6. The summed E-state index contributed by atoms with van der Waals surface area (Å²) in [5, 5.41) is 10.6. The molecule has 6 aromatic rings. The molecule has 382 valence electrons. The highest BCUT2D eigenvalue weighted by Crippen LogP contribution is 2.30. The fraction of sp³-hybridized carbons (Fsp3) is 0.320. The van der Waals surface area contributed by atoms with Gasteiger partial charge in [-0.05, 0) is 96.8 Å². The van der Waals surface area contributed by atoms with Gasteiger partial charge in [-0.2, -0.15) is 5.90 Å². The van der Waals surface area contributed by atoms with Gasteiger partial charge in [0, 0.05) is 64.2 Å². The second-order valence-corrected chi connectivity index (χ2v) is 16.8. The molecule has 0 saturated heterocycles. The molecule has 2 aromatic heterocycles. The molecular formula is C50H56ClN7O14. The third kappa shape index (κ3) is 14.3. The summed E-state index contributed by atoms with van der Waals surface area (Å²) in [6.07, 6.45) is 9.64. The lowest BCUT2D eigenvalue weighted by molar-refractivity contribution is -0.211. The Balaban J connectivity index is 0.000000237. The average Bonchev–Trinajstić information content (AvgIpc) is 4.00. The van der Waals surface area contributed by atoms with Crippen LogP contribution in [0.4, 0.5) is 11.4 Å². The Kier molecular flexibility index (Phi) is 19.1. The van der Waals surface area contributed by atoms with Crippen LogP contribution in [0.5, 0.6) is 17.2 Å². The van der Waals surface area contributed by atoms with Crippen LogP contribution in [0.3, 0.4) is 0 Å². The molecule has 0 bridgehead atoms. The van der Waals surface area contributed by atoms with Gasteiger partial charge < -0.3 is 65.0 Å². The molecule has 0 radical (unpaired) electrons. The molecule has 2 unspecified atom stereocenters. The quantitative estimate of drug-likeness (QED) is 0.0160. The van der Waals surface area contributed by atoms with E-state index >= 15 is 0 Å². The topological polar surface area (TPSA) is 296 Å². The average molecular weight is 1010 g/mol. The zero-order valence-corrected chi connectivity index (χ0v) is 40.7. The van der Waals surface area contributed by atoms with Crippen molar-refractivity contribution in [2.75, 3.05) is 52.7 Å². The van der Waals surface area contributed by atoms with Gasteiger partial charge in [-0.1, -0.05) is 35.9 Å². The number of hydrogen-bond donors (Lipinski definition) is 7. The number of amides is 2. The van der Waals surface area contributed by atoms with Crippen molar-refractivity contribution < 1.29 is 67.1 Å². The molecule has 4 aromatic carbocycles. The Morgan fingerprint density at radius 2 is 1.15 bits per heavy atom. The number of carbonyl (C=O) groups is 6. The molecule has 2 heterocycles. The van der Waals surface area contributed by atoms with Crippen LogP contribution >= 0.6 is 11.6 Å². The van der Waals surface area contributed by atoms with E-state index in [1.54, 1.807) is 54.9 Å². The summed E-state index contributed by atoms with van der Waals surface area (Å²) in [5.41, 5.74) is 11.1. The summed E-state index contributed by atoms with van der Waals surface area (Å²) in [6, 6.07) is 18.2. The summed E-state index contributed by atoms with van der Waals surface area (Å²) >= 11 is 5.96. The van der Waals surface area contributed by atoms with Gasteiger partial charge in [-0.15, -0.1) is 0 Å². The number of fused-ring (bicyclic) bond motifs is 2. The number of benzene rings is 4. The van der Waals surface area contributed by atoms with E-state index in [4.69, 9.17) is 47.1 Å². The van der Waals surface area contributed by atoms with Crippen LogP contribution in [-0.2, 0) is 56.0 Å². The van der Waals surface area contributed by atoms with Crippen LogP contribution in [-0.4, -0.2) is 105 Å². The minimum Gasteiger partial charge on any atom is -0.482 e. The number of aromatic amines is 2. The number of hydrogen-bond acceptors (Lipinski definition) is 17. The van der Waals surface area contributed by atoms with E-state index in [-0.39, 0.29) is 42.4 Å². The van der Waals surface area contributed by atoms with Crippen molar-refractivity contribution in [1.29, 1.82) is 0 Å². The normalized spacial score (nSPS) is 13.1. The highest BCUT2D eigenvalue weighted by molar-refractivity contribution is 6.32. The zero-order chi connectivity index (χ0) is 51.7. The van der Waals surface area contributed by atoms with Crippen molar-refractivity contribution >= 4 is 80.5 Å². The molecule has 21 nitrogen and oxygen atoms in total. The lowest BCUT2D eigenvalue weighted by Crippen LogP contribution is -2.43. The van der Waals surface area contributed by atoms with E-state index in [1.165, 1.54) is 65.9 Å². The van der Waals surface area contributed by atoms with Crippen molar-refractivity contribution in [3.8, 4) is 17.2 Å². The first-order chi connectivity index (χ1) is 34.7. The number of H-pyrrole nitrogens is 2. The maximum absolute atomic E-state index is 13.1. The van der Waals surface area contributed by atoms with Crippen LogP contribution in [0.2, 0.25) is 5.02 Å². The molecule has 1 saturated carbocycles. The first kappa shape index (κ1) is 53.3. The minimum absolute atomic E-state index is 0.0301. The Morgan fingerprint density at radius 1 is 0.653 bits per heavy atom. The predicted octanol–water partition coefficient (Wildman–Crippen LogP) is 5.63. The summed E-state index contributed by atoms with van der Waals surface area (Å²) in [4.78, 5) is 88.8. The number of nitrogen functional groups attached to an aromatic ring is 1. The van der Waals surface area contributed by atoms with E-state index in [2.05, 4.69) is 40.4 Å². The number of anilines is 2. The number of nitrogens with one attached hydrogen (secondary N) is 5. The SMILES string of the molecule is COC(=O)COc1ccc2[nH]cc(CC(NC(=O)c3ccc(Cl)c(OON)c3)C(=O)OC)c2c1.COC(=O)COc1ccc2[nH]cc(CC(NC(=O)c3ccc(NC4CCCCC4)c(N)c3)C(=O)OC)c2c1. The van der Waals surface area contributed by atoms with Gasteiger partial charge in [0.1, 0.15) is 23.6 Å². The number of rotatable bonds is 20. The maximum atomic E-state index is 13.1. The standard InChI is InChI=1S/C28H34N4O6.C22H22ClN3O8/c1-36-26(33)16-38-20-9-11-23-21(14-20)18(15-30-23)13-25(28(35)37-2)32-27(34)17-8-10-24(22(29)12-17)31-19-6-4-3-5-7-19;1-30-20(27)11-32-14-4-6-17-15(9-14)13(10-25-17)7-18(22(29)31-2)26-21(28)12-3-5-16(23)19(8-12)33-34-24/h8-12,14-15,19,25,30-31H,3-7,13,16,29H2,1-2H3,(H,32,34);3-6,8-10,18,25H,7,11,24H2,1-2H3,(H,26,28). The van der Waals surface area contributed by atoms with Crippen molar-refractivity contribution in [2.24, 2.45) is 5.90 Å². The van der Waals surface area contributed by atoms with E-state index in [1.807, 2.05) is 12.1 Å². The fourth-order valence-electron chi connectivity index (χ4n) is 7.89. The van der Waals surface area contributed by atoms with Gasteiger partial charge in [0.05, 0.1) is 44.8 Å². The maximum Gasteiger partial charge on any atom is 0.343 e. The Labute approximate surface area is 418 Å². The number of carbonyl (C=O) groups excluding carboxylic acids is 6. The van der Waals surface area contributed by atoms with E-state index in [0.29, 0.717) is 34.4 Å². The van der Waals surface area contributed by atoms with E-state index in [9.17, 15) is 28.8 Å². The number of esters is 4. The van der Waals surface area contributed by atoms with Crippen LogP contribution in [0, 0.1) is 0 Å². The second kappa shape index (κ2) is 25.7. The van der Waals surface area contributed by atoms with Gasteiger partial charge in [-0.25, -0.2) is 19.2 Å². The fourth-order valence-corrected chi connectivity index (χ4v) is 8.04. The zero-order valence-electron chi connectivity index (χ0n) is 39.9. The molecule has 9 N–H and O–H groups in total. The molecule has 7 rings (SSSR count). The Bertz CT molecular complexity index is 2880. The molecule has 0 spiro atoms. The van der Waals surface area contributed by atoms with Gasteiger partial charge in [0.15, 0.2) is 19.0 Å². The summed E-state index contributed by atoms with van der Waals surface area (Å²) < 4.78 is 29.9. The summed E-state index contributed by atoms with van der Waals surface area (Å²) in [6.45, 7) is -0.467. The third-order valence-electron chi connectivity index (χ3n) is 11.7. The largest absolute Gasteiger partial charge is 0.482 e. The van der Waals surface area contributed by atoms with Gasteiger partial charge in [-0.3, -0.25) is 9.59 Å². The molecule has 1 aliphatic carbocycles. The number of aromatic nitrogens is 2. The minimum atomic E-state index is -1.01. The number of nitrogens with two attached hydrogens (primary N) is 2. The van der Waals surface area contributed by atoms with E-state index in [0.717, 1.165) is 45.9 Å². The van der Waals surface area contributed by atoms with Crippen molar-refractivity contribution in [3.05, 3.63) is 112 Å². The van der Waals surface area contributed by atoms with Crippen LogP contribution in [0.1, 0.15) is 63.9 Å². The summed E-state index contributed by atoms with van der Waals surface area (Å²) in [7, 11) is 5.06. The van der Waals surface area contributed by atoms with Crippen molar-refractivity contribution in [2.45, 2.75) is 63.1 Å². The predicted molar refractivity (Wildman–Crippen MR) is 264 cm³/mol. The van der Waals surface area contributed by atoms with Gasteiger partial charge >= 0.3 is 23.9 Å². The first-order valence-electron chi connectivity index (χ1n) is 22.6. The summed E-state index contributed by atoms with van der Waals surface area (Å²) in [5.74, 6) is 2.60. The molecule has 1 fully saturated rings.